The molecule has 0 fully saturated rings. The van der Waals surface area contributed by atoms with Gasteiger partial charge in [-0.1, -0.05) is 51.2 Å². The number of quaternary nitrogens is 1. The second-order valence-electron chi connectivity index (χ2n) is 6.89. The fraction of sp³-hybridized carbons (Fsp3) is 0.737. The van der Waals surface area contributed by atoms with Gasteiger partial charge in [-0.25, -0.2) is 14.4 Å². The summed E-state index contributed by atoms with van der Waals surface area (Å²) < 4.78 is -0.467. The van der Waals surface area contributed by atoms with Gasteiger partial charge in [0.15, 0.2) is 19.6 Å². The molecule has 0 unspecified atom stereocenters. The summed E-state index contributed by atoms with van der Waals surface area (Å²) in [7, 11) is 0. The van der Waals surface area contributed by atoms with E-state index in [0.717, 1.165) is 12.8 Å². The summed E-state index contributed by atoms with van der Waals surface area (Å²) in [6.45, 7) is 0.909. The van der Waals surface area contributed by atoms with Crippen LogP contribution in [0, 0.1) is 0 Å². The van der Waals surface area contributed by atoms with Crippen molar-refractivity contribution in [2.45, 2.75) is 64.7 Å². The molecular weight excluding hydrogens is 338 g/mol. The van der Waals surface area contributed by atoms with E-state index < -0.39 is 42.0 Å². The normalized spacial score (nSPS) is 11.7. The second kappa shape index (κ2) is 14.3. The highest BCUT2D eigenvalue weighted by molar-refractivity contribution is 5.73. The van der Waals surface area contributed by atoms with Crippen LogP contribution in [0.4, 0.5) is 0 Å². The summed E-state index contributed by atoms with van der Waals surface area (Å²) in [6, 6.07) is 0. The van der Waals surface area contributed by atoms with Crippen LogP contribution >= 0.6 is 0 Å². The van der Waals surface area contributed by atoms with E-state index >= 15 is 0 Å². The molecule has 7 heteroatoms. The van der Waals surface area contributed by atoms with E-state index in [1.807, 2.05) is 6.08 Å². The Morgan fingerprint density at radius 2 is 1.12 bits per heavy atom. The third-order valence-electron chi connectivity index (χ3n) is 4.31. The van der Waals surface area contributed by atoms with Crippen LogP contribution in [0.15, 0.2) is 12.2 Å². The van der Waals surface area contributed by atoms with Gasteiger partial charge in [-0.05, 0) is 19.3 Å². The molecule has 3 N–H and O–H groups in total. The molecule has 0 aliphatic heterocycles. The molecule has 0 aliphatic carbocycles. The molecular formula is C19H34NO6+. The van der Waals surface area contributed by atoms with Crippen LogP contribution in [0.3, 0.4) is 0 Å². The highest BCUT2D eigenvalue weighted by atomic mass is 16.4. The number of rotatable bonds is 17. The molecule has 0 bridgehead atoms. The Hall–Kier alpha value is -1.89. The van der Waals surface area contributed by atoms with Crippen molar-refractivity contribution in [3.63, 3.8) is 0 Å². The molecule has 0 saturated carbocycles. The van der Waals surface area contributed by atoms with Gasteiger partial charge in [0, 0.05) is 6.42 Å². The molecule has 26 heavy (non-hydrogen) atoms. The maximum Gasteiger partial charge on any atom is 0.359 e. The van der Waals surface area contributed by atoms with Gasteiger partial charge in [0.1, 0.15) is 0 Å². The van der Waals surface area contributed by atoms with Crippen molar-refractivity contribution in [1.82, 2.24) is 0 Å². The van der Waals surface area contributed by atoms with Gasteiger partial charge in [0.2, 0.25) is 0 Å². The molecule has 0 aromatic rings. The Morgan fingerprint density at radius 3 is 1.58 bits per heavy atom. The number of aliphatic carboxylic acids is 3. The number of unbranched alkanes of at least 4 members (excludes halogenated alkanes) is 7. The summed E-state index contributed by atoms with van der Waals surface area (Å²) in [5.74, 6) is -3.57. The molecule has 0 spiro atoms. The summed E-state index contributed by atoms with van der Waals surface area (Å²) in [5, 5.41) is 27.1. The first-order valence-corrected chi connectivity index (χ1v) is 9.47. The molecule has 7 nitrogen and oxygen atoms in total. The third-order valence-corrected chi connectivity index (χ3v) is 4.31. The summed E-state index contributed by atoms with van der Waals surface area (Å²) in [5.41, 5.74) is 0. The number of hydrogen-bond donors (Lipinski definition) is 3. The van der Waals surface area contributed by atoms with Gasteiger partial charge >= 0.3 is 17.9 Å². The zero-order chi connectivity index (χ0) is 19.8. The quantitative estimate of drug-likeness (QED) is 0.205. The van der Waals surface area contributed by atoms with Gasteiger partial charge in [-0.2, -0.15) is 0 Å². The van der Waals surface area contributed by atoms with Crippen molar-refractivity contribution < 1.29 is 34.2 Å². The SMILES string of the molecule is CCCCCCCC/C=C/CCC[N+](CC(=O)O)(CC(=O)O)CC(=O)O. The van der Waals surface area contributed by atoms with Crippen molar-refractivity contribution in [2.75, 3.05) is 26.2 Å². The van der Waals surface area contributed by atoms with Crippen molar-refractivity contribution in [2.24, 2.45) is 0 Å². The minimum atomic E-state index is -1.19. The van der Waals surface area contributed by atoms with Crippen LogP contribution in [-0.2, 0) is 14.4 Å². The Labute approximate surface area is 155 Å². The molecule has 0 aromatic heterocycles. The Kier molecular flexibility index (Phi) is 13.3. The van der Waals surface area contributed by atoms with E-state index in [-0.39, 0.29) is 6.54 Å². The lowest BCUT2D eigenvalue weighted by molar-refractivity contribution is -0.907. The largest absolute Gasteiger partial charge is 0.477 e. The lowest BCUT2D eigenvalue weighted by atomic mass is 10.1. The molecule has 0 saturated heterocycles. The number of hydrogen-bond acceptors (Lipinski definition) is 3. The van der Waals surface area contributed by atoms with E-state index in [4.69, 9.17) is 15.3 Å². The topological polar surface area (TPSA) is 112 Å². The van der Waals surface area contributed by atoms with E-state index in [1.165, 1.54) is 32.1 Å². The second-order valence-corrected chi connectivity index (χ2v) is 6.89. The van der Waals surface area contributed by atoms with Crippen molar-refractivity contribution in [3.8, 4) is 0 Å². The number of nitrogens with zero attached hydrogens (tertiary/aromatic N) is 1. The molecule has 0 atom stereocenters. The van der Waals surface area contributed by atoms with Crippen molar-refractivity contribution >= 4 is 17.9 Å². The van der Waals surface area contributed by atoms with Crippen LogP contribution < -0.4 is 0 Å². The summed E-state index contributed by atoms with van der Waals surface area (Å²) >= 11 is 0. The lowest BCUT2D eigenvalue weighted by Gasteiger charge is -2.34. The van der Waals surface area contributed by atoms with Gasteiger partial charge < -0.3 is 15.3 Å². The first-order chi connectivity index (χ1) is 12.3. The van der Waals surface area contributed by atoms with Crippen LogP contribution in [0.25, 0.3) is 0 Å². The van der Waals surface area contributed by atoms with Crippen LogP contribution in [0.1, 0.15) is 64.7 Å². The smallest absolute Gasteiger partial charge is 0.359 e. The van der Waals surface area contributed by atoms with E-state index in [1.54, 1.807) is 0 Å². The van der Waals surface area contributed by atoms with E-state index in [0.29, 0.717) is 12.8 Å². The predicted octanol–water partition coefficient (Wildman–Crippen LogP) is 3.14. The fourth-order valence-electron chi connectivity index (χ4n) is 3.09. The highest BCUT2D eigenvalue weighted by Crippen LogP contribution is 2.11. The van der Waals surface area contributed by atoms with Gasteiger partial charge in [0.25, 0.3) is 0 Å². The molecule has 0 amide bonds. The zero-order valence-corrected chi connectivity index (χ0v) is 15.9. The molecule has 0 aliphatic rings. The monoisotopic (exact) mass is 372 g/mol. The lowest BCUT2D eigenvalue weighted by Crippen LogP contribution is -2.57. The predicted molar refractivity (Wildman–Crippen MR) is 99.0 cm³/mol. The number of allylic oxidation sites excluding steroid dienone is 2. The minimum Gasteiger partial charge on any atom is -0.477 e. The van der Waals surface area contributed by atoms with E-state index in [2.05, 4.69) is 13.0 Å². The minimum absolute atomic E-state index is 0.215. The average molecular weight is 372 g/mol. The number of carboxylic acids is 3. The molecule has 0 aromatic carbocycles. The Morgan fingerprint density at radius 1 is 0.692 bits per heavy atom. The van der Waals surface area contributed by atoms with Crippen LogP contribution in [0.2, 0.25) is 0 Å². The first-order valence-electron chi connectivity index (χ1n) is 9.47. The van der Waals surface area contributed by atoms with E-state index in [9.17, 15) is 14.4 Å². The molecule has 0 rings (SSSR count). The van der Waals surface area contributed by atoms with Crippen LogP contribution in [-0.4, -0.2) is 63.9 Å². The molecule has 0 heterocycles. The van der Waals surface area contributed by atoms with Gasteiger partial charge in [-0.15, -0.1) is 0 Å². The molecule has 150 valence electrons. The highest BCUT2D eigenvalue weighted by Gasteiger charge is 2.35. The Balaban J connectivity index is 4.30. The summed E-state index contributed by atoms with van der Waals surface area (Å²) in [6.07, 6.45) is 13.8. The van der Waals surface area contributed by atoms with Crippen molar-refractivity contribution in [1.29, 1.82) is 0 Å². The van der Waals surface area contributed by atoms with Crippen molar-refractivity contribution in [3.05, 3.63) is 12.2 Å². The maximum atomic E-state index is 11.1. The first kappa shape index (κ1) is 24.1. The number of carbonyl (C=O) groups is 3. The maximum absolute atomic E-state index is 11.1. The Bertz CT molecular complexity index is 420. The zero-order valence-electron chi connectivity index (χ0n) is 15.9. The van der Waals surface area contributed by atoms with Gasteiger partial charge in [0.05, 0.1) is 6.54 Å². The van der Waals surface area contributed by atoms with Gasteiger partial charge in [-0.3, -0.25) is 4.48 Å². The fourth-order valence-corrected chi connectivity index (χ4v) is 3.09. The standard InChI is InChI=1S/C19H33NO6/c1-2-3-4-5-6-7-8-9-10-11-12-13-20(14-17(21)22,15-18(23)24)16-19(25)26/h9-10H,2-8,11-16H2,1H3,(H2-,21,22,23,24,25,26)/p+1/b10-9+. The number of carboxylic acid groups (broad SMARTS) is 3. The third kappa shape index (κ3) is 13.4. The average Bonchev–Trinajstić information content (AvgIpc) is 2.50. The molecule has 0 radical (unpaired) electrons. The van der Waals surface area contributed by atoms with Crippen LogP contribution in [0.5, 0.6) is 0 Å². The summed E-state index contributed by atoms with van der Waals surface area (Å²) in [4.78, 5) is 33.2.